The average Bonchev–Trinajstić information content (AvgIpc) is 2.24. The zero-order valence-electron chi connectivity index (χ0n) is 7.92. The molecule has 3 heteroatoms. The predicted octanol–water partition coefficient (Wildman–Crippen LogP) is 0.753. The zero-order valence-corrected chi connectivity index (χ0v) is 10.3. The third-order valence-electron chi connectivity index (χ3n) is 1.95. The Morgan fingerprint density at radius 3 is 1.47 bits per heavy atom. The van der Waals surface area contributed by atoms with Gasteiger partial charge in [-0.2, -0.15) is 0 Å². The number of hydrogen-bond acceptors (Lipinski definition) is 2. The van der Waals surface area contributed by atoms with Crippen LogP contribution in [0.4, 0.5) is 0 Å². The van der Waals surface area contributed by atoms with Crippen LogP contribution in [-0.4, -0.2) is 31.1 Å². The molecule has 0 unspecified atom stereocenters. The van der Waals surface area contributed by atoms with Crippen LogP contribution in [0, 0.1) is 0 Å². The van der Waals surface area contributed by atoms with E-state index < -0.39 is 20.9 Å². The molecule has 0 atom stereocenters. The van der Waals surface area contributed by atoms with Gasteiger partial charge in [-0.25, -0.2) is 0 Å². The van der Waals surface area contributed by atoms with Crippen molar-refractivity contribution in [1.82, 2.24) is 0 Å². The molecular formula is C12H10O2Te. The van der Waals surface area contributed by atoms with Gasteiger partial charge in [0.25, 0.3) is 0 Å². The molecule has 0 aliphatic carbocycles. The van der Waals surface area contributed by atoms with Gasteiger partial charge in [0, 0.05) is 0 Å². The van der Waals surface area contributed by atoms with Crippen molar-refractivity contribution in [3.05, 3.63) is 48.5 Å². The Morgan fingerprint density at radius 1 is 0.667 bits per heavy atom. The molecule has 2 nitrogen and oxygen atoms in total. The quantitative estimate of drug-likeness (QED) is 0.804. The van der Waals surface area contributed by atoms with Crippen molar-refractivity contribution in [3.8, 4) is 11.5 Å². The fourth-order valence-corrected chi connectivity index (χ4v) is 3.70. The second-order valence-electron chi connectivity index (χ2n) is 3.04. The Bertz CT molecular complexity index is 425. The first-order chi connectivity index (χ1) is 7.27. The van der Waals surface area contributed by atoms with Gasteiger partial charge in [0.15, 0.2) is 0 Å². The van der Waals surface area contributed by atoms with Crippen LogP contribution in [-0.2, 0) is 0 Å². The molecule has 0 spiro atoms. The average molecular weight is 314 g/mol. The fourth-order valence-electron chi connectivity index (χ4n) is 1.21. The fraction of sp³-hybridized carbons (Fsp3) is 0. The molecule has 0 fully saturated rings. The van der Waals surface area contributed by atoms with E-state index in [1.165, 1.54) is 0 Å². The third-order valence-corrected chi connectivity index (χ3v) is 5.18. The summed E-state index contributed by atoms with van der Waals surface area (Å²) < 4.78 is 1.90. The minimum absolute atomic E-state index is 0.322. The Balaban J connectivity index is 2.30. The van der Waals surface area contributed by atoms with Crippen molar-refractivity contribution in [2.45, 2.75) is 0 Å². The Labute approximate surface area is 98.3 Å². The molecule has 0 aliphatic heterocycles. The summed E-state index contributed by atoms with van der Waals surface area (Å²) in [5, 5.41) is 19.2. The van der Waals surface area contributed by atoms with Crippen molar-refractivity contribution in [2.75, 3.05) is 0 Å². The predicted molar refractivity (Wildman–Crippen MR) is 61.2 cm³/mol. The number of benzene rings is 2. The Kier molecular flexibility index (Phi) is 3.15. The maximum atomic E-state index is 9.61. The van der Waals surface area contributed by atoms with E-state index in [0.717, 1.165) is 7.22 Å². The summed E-state index contributed by atoms with van der Waals surface area (Å²) in [6.45, 7) is 0. The van der Waals surface area contributed by atoms with Gasteiger partial charge in [-0.3, -0.25) is 0 Å². The number of phenols is 2. The maximum absolute atomic E-state index is 9.61. The van der Waals surface area contributed by atoms with Crippen LogP contribution in [0.15, 0.2) is 48.5 Å². The van der Waals surface area contributed by atoms with Gasteiger partial charge in [0.05, 0.1) is 0 Å². The van der Waals surface area contributed by atoms with Crippen molar-refractivity contribution < 1.29 is 10.2 Å². The Morgan fingerprint density at radius 2 is 1.07 bits per heavy atom. The van der Waals surface area contributed by atoms with Crippen molar-refractivity contribution >= 4 is 28.1 Å². The summed E-state index contributed by atoms with van der Waals surface area (Å²) in [4.78, 5) is 0. The van der Waals surface area contributed by atoms with Crippen molar-refractivity contribution in [1.29, 1.82) is 0 Å². The molecule has 2 aromatic rings. The molecule has 0 radical (unpaired) electrons. The van der Waals surface area contributed by atoms with Crippen molar-refractivity contribution in [3.63, 3.8) is 0 Å². The third kappa shape index (κ3) is 2.44. The zero-order chi connectivity index (χ0) is 10.7. The van der Waals surface area contributed by atoms with Crippen LogP contribution in [0.5, 0.6) is 11.5 Å². The molecule has 0 saturated carbocycles. The molecule has 2 aromatic carbocycles. The molecule has 76 valence electrons. The van der Waals surface area contributed by atoms with Gasteiger partial charge in [-0.15, -0.1) is 0 Å². The molecule has 0 saturated heterocycles. The molecule has 15 heavy (non-hydrogen) atoms. The summed E-state index contributed by atoms with van der Waals surface area (Å²) >= 11 is -0.707. The summed E-state index contributed by atoms with van der Waals surface area (Å²) in [7, 11) is 0. The van der Waals surface area contributed by atoms with Gasteiger partial charge < -0.3 is 0 Å². The van der Waals surface area contributed by atoms with Crippen LogP contribution in [0.1, 0.15) is 0 Å². The molecule has 0 amide bonds. The number of para-hydroxylation sites is 2. The van der Waals surface area contributed by atoms with E-state index in [1.54, 1.807) is 24.3 Å². The summed E-state index contributed by atoms with van der Waals surface area (Å²) in [5.41, 5.74) is 0. The van der Waals surface area contributed by atoms with Crippen LogP contribution in [0.25, 0.3) is 0 Å². The topological polar surface area (TPSA) is 40.5 Å². The van der Waals surface area contributed by atoms with E-state index in [-0.39, 0.29) is 0 Å². The van der Waals surface area contributed by atoms with Gasteiger partial charge in [0.1, 0.15) is 0 Å². The molecular weight excluding hydrogens is 304 g/mol. The van der Waals surface area contributed by atoms with Gasteiger partial charge in [-0.1, -0.05) is 0 Å². The van der Waals surface area contributed by atoms with Crippen LogP contribution < -0.4 is 7.22 Å². The minimum atomic E-state index is -0.707. The standard InChI is InChI=1S/C12H10O2Te/c13-9-5-1-3-7-11(9)15-12-8-4-2-6-10(12)14/h1-8,13-14H. The summed E-state index contributed by atoms with van der Waals surface area (Å²) in [5.74, 6) is 0.645. The van der Waals surface area contributed by atoms with Crippen molar-refractivity contribution in [2.24, 2.45) is 0 Å². The molecule has 0 heterocycles. The van der Waals surface area contributed by atoms with Crippen LogP contribution >= 0.6 is 0 Å². The molecule has 0 aromatic heterocycles. The summed E-state index contributed by atoms with van der Waals surface area (Å²) in [6.07, 6.45) is 0. The van der Waals surface area contributed by atoms with Gasteiger partial charge in [-0.05, 0) is 0 Å². The molecule has 0 aliphatic rings. The summed E-state index contributed by atoms with van der Waals surface area (Å²) in [6, 6.07) is 14.6. The monoisotopic (exact) mass is 316 g/mol. The Hall–Kier alpha value is -1.17. The van der Waals surface area contributed by atoms with Crippen LogP contribution in [0.2, 0.25) is 0 Å². The number of hydrogen-bond donors (Lipinski definition) is 2. The van der Waals surface area contributed by atoms with Crippen LogP contribution in [0.3, 0.4) is 0 Å². The second-order valence-corrected chi connectivity index (χ2v) is 6.13. The van der Waals surface area contributed by atoms with Gasteiger partial charge in [0.2, 0.25) is 0 Å². The normalized spacial score (nSPS) is 10.1. The van der Waals surface area contributed by atoms with E-state index in [9.17, 15) is 10.2 Å². The molecule has 2 N–H and O–H groups in total. The van der Waals surface area contributed by atoms with E-state index in [4.69, 9.17) is 0 Å². The number of phenolic OH excluding ortho intramolecular Hbond substituents is 2. The van der Waals surface area contributed by atoms with E-state index in [2.05, 4.69) is 0 Å². The first-order valence-corrected chi connectivity index (χ1v) is 6.84. The van der Waals surface area contributed by atoms with E-state index in [0.29, 0.717) is 11.5 Å². The van der Waals surface area contributed by atoms with Gasteiger partial charge >= 0.3 is 98.4 Å². The van der Waals surface area contributed by atoms with E-state index >= 15 is 0 Å². The molecule has 2 rings (SSSR count). The SMILES string of the molecule is Oc1ccccc1[Te]c1ccccc1O. The first-order valence-electron chi connectivity index (χ1n) is 4.51. The van der Waals surface area contributed by atoms with E-state index in [1.807, 2.05) is 24.3 Å². The first kappa shape index (κ1) is 10.4. The second kappa shape index (κ2) is 4.57. The number of aromatic hydroxyl groups is 2. The molecule has 0 bridgehead atoms. The number of rotatable bonds is 2.